The van der Waals surface area contributed by atoms with Gasteiger partial charge in [-0.05, 0) is 92.3 Å². The van der Waals surface area contributed by atoms with Crippen molar-refractivity contribution >= 4 is 18.0 Å². The van der Waals surface area contributed by atoms with E-state index in [0.717, 1.165) is 49.4 Å². The average Bonchev–Trinajstić information content (AvgIpc) is 3.73. The zero-order valence-electron chi connectivity index (χ0n) is 26.1. The molecule has 1 amide bonds. The van der Waals surface area contributed by atoms with E-state index in [1.165, 1.54) is 43.5 Å². The van der Waals surface area contributed by atoms with Crippen LogP contribution in [-0.2, 0) is 32.3 Å². The normalized spacial score (nSPS) is 30.2. The van der Waals surface area contributed by atoms with E-state index < -0.39 is 28.9 Å². The Morgan fingerprint density at radius 1 is 1.13 bits per heavy atom. The fourth-order valence-electron chi connectivity index (χ4n) is 9.04. The van der Waals surface area contributed by atoms with Gasteiger partial charge >= 0.3 is 12.1 Å². The Morgan fingerprint density at radius 2 is 1.91 bits per heavy atom. The Kier molecular flexibility index (Phi) is 7.34. The number of carbonyl (C=O) groups excluding carboxylic acids is 2. The van der Waals surface area contributed by atoms with E-state index in [1.807, 2.05) is 17.0 Å². The second kappa shape index (κ2) is 10.9. The second-order valence-corrected chi connectivity index (χ2v) is 14.1. The number of amides is 1. The standard InChI is InChI=1S/C36H41F3N2O4/c1-22(2)20-41(31(43)13-12-24-6-4-8-27(18-24)36(37,38)39)28-14-15-35(45-23(3)42)30-19-26-7-5-9-29-32(26)34(35,33(28)44-29)16-17-40(30)21-25-10-11-25/h4-9,12-13,18,22,25,28,30,33H,10-11,14-17,19-21H2,1-3H3/t28-,30-,33+,34+,35-/m1/s1. The van der Waals surface area contributed by atoms with Crippen LogP contribution >= 0.6 is 0 Å². The van der Waals surface area contributed by atoms with Crippen molar-refractivity contribution in [3.8, 4) is 5.75 Å². The molecule has 0 aromatic heterocycles. The van der Waals surface area contributed by atoms with Gasteiger partial charge in [0.1, 0.15) is 17.5 Å². The minimum absolute atomic E-state index is 0.0266. The smallest absolute Gasteiger partial charge is 0.416 e. The number of carbonyl (C=O) groups is 2. The lowest BCUT2D eigenvalue weighted by atomic mass is 9.48. The number of nitrogens with zero attached hydrogens (tertiary/aromatic N) is 2. The number of rotatable bonds is 8. The molecule has 2 aromatic rings. The largest absolute Gasteiger partial charge is 0.487 e. The maximum absolute atomic E-state index is 14.0. The van der Waals surface area contributed by atoms with Crippen molar-refractivity contribution in [1.82, 2.24) is 9.80 Å². The SMILES string of the molecule is CC(=O)O[C@@]12CC[C@@H](N(CC(C)C)C(=O)C=Cc3cccc(C(F)(F)F)c3)[C@@H]3Oc4cccc5c4[C@@]31CCN(CC1CC1)[C@@H]2C5. The molecule has 2 aliphatic heterocycles. The summed E-state index contributed by atoms with van der Waals surface area (Å²) in [6.45, 7) is 7.95. The number of esters is 1. The van der Waals surface area contributed by atoms with Gasteiger partial charge in [-0.2, -0.15) is 13.2 Å². The van der Waals surface area contributed by atoms with Gasteiger partial charge in [-0.25, -0.2) is 0 Å². The van der Waals surface area contributed by atoms with Gasteiger partial charge in [0.15, 0.2) is 0 Å². The van der Waals surface area contributed by atoms with E-state index in [-0.39, 0.29) is 29.9 Å². The molecule has 1 spiro atoms. The number of hydrogen-bond donors (Lipinski definition) is 0. The lowest BCUT2D eigenvalue weighted by molar-refractivity contribution is -0.224. The van der Waals surface area contributed by atoms with Gasteiger partial charge in [0.2, 0.25) is 5.91 Å². The van der Waals surface area contributed by atoms with Gasteiger partial charge in [0, 0.05) is 31.7 Å². The fourth-order valence-corrected chi connectivity index (χ4v) is 9.04. The molecule has 240 valence electrons. The van der Waals surface area contributed by atoms with Crippen LogP contribution in [0.5, 0.6) is 5.75 Å². The Hall–Kier alpha value is -3.33. The van der Waals surface area contributed by atoms with Gasteiger partial charge in [0.05, 0.1) is 23.1 Å². The predicted molar refractivity (Wildman–Crippen MR) is 163 cm³/mol. The molecule has 2 saturated carbocycles. The van der Waals surface area contributed by atoms with Crippen molar-refractivity contribution in [3.05, 3.63) is 70.8 Å². The van der Waals surface area contributed by atoms with Crippen LogP contribution in [0.15, 0.2) is 48.5 Å². The van der Waals surface area contributed by atoms with Crippen molar-refractivity contribution in [1.29, 1.82) is 0 Å². The molecule has 9 heteroatoms. The summed E-state index contributed by atoms with van der Waals surface area (Å²) in [4.78, 5) is 31.4. The highest BCUT2D eigenvalue weighted by atomic mass is 19.4. The van der Waals surface area contributed by atoms with E-state index in [9.17, 15) is 22.8 Å². The van der Waals surface area contributed by atoms with E-state index in [2.05, 4.69) is 24.8 Å². The highest BCUT2D eigenvalue weighted by Gasteiger charge is 2.75. The molecule has 5 aliphatic rings. The molecule has 2 heterocycles. The lowest BCUT2D eigenvalue weighted by Crippen LogP contribution is -2.79. The van der Waals surface area contributed by atoms with Crippen LogP contribution in [0, 0.1) is 11.8 Å². The molecule has 0 radical (unpaired) electrons. The number of likely N-dealkylation sites (tertiary alicyclic amines) is 1. The summed E-state index contributed by atoms with van der Waals surface area (Å²) in [6.07, 6.45) is 3.20. The first-order valence-corrected chi connectivity index (χ1v) is 16.3. The summed E-state index contributed by atoms with van der Waals surface area (Å²) in [5.41, 5.74) is 0.558. The van der Waals surface area contributed by atoms with Crippen LogP contribution in [-0.4, -0.2) is 65.1 Å². The summed E-state index contributed by atoms with van der Waals surface area (Å²) in [5, 5.41) is 0. The highest BCUT2D eigenvalue weighted by molar-refractivity contribution is 5.92. The molecule has 6 nitrogen and oxygen atoms in total. The van der Waals surface area contributed by atoms with Gasteiger partial charge in [-0.3, -0.25) is 14.5 Å². The Bertz CT molecular complexity index is 1530. The van der Waals surface area contributed by atoms with Gasteiger partial charge in [-0.1, -0.05) is 38.1 Å². The Morgan fingerprint density at radius 3 is 2.62 bits per heavy atom. The highest BCUT2D eigenvalue weighted by Crippen LogP contribution is 2.66. The van der Waals surface area contributed by atoms with E-state index >= 15 is 0 Å². The number of halogens is 3. The Balaban J connectivity index is 1.28. The Labute approximate surface area is 262 Å². The van der Waals surface area contributed by atoms with E-state index in [4.69, 9.17) is 9.47 Å². The first-order chi connectivity index (χ1) is 21.4. The van der Waals surface area contributed by atoms with Crippen LogP contribution < -0.4 is 4.74 Å². The third kappa shape index (κ3) is 4.97. The van der Waals surface area contributed by atoms with Crippen molar-refractivity contribution < 1.29 is 32.2 Å². The monoisotopic (exact) mass is 622 g/mol. The zero-order chi connectivity index (χ0) is 31.7. The van der Waals surface area contributed by atoms with Crippen LogP contribution in [0.3, 0.4) is 0 Å². The molecule has 7 rings (SSSR count). The maximum atomic E-state index is 14.0. The summed E-state index contributed by atoms with van der Waals surface area (Å²) in [7, 11) is 0. The third-order valence-electron chi connectivity index (χ3n) is 10.8. The molecule has 5 atom stereocenters. The summed E-state index contributed by atoms with van der Waals surface area (Å²) in [5.74, 6) is 1.09. The van der Waals surface area contributed by atoms with Crippen LogP contribution in [0.25, 0.3) is 6.08 Å². The molecule has 0 unspecified atom stereocenters. The molecule has 45 heavy (non-hydrogen) atoms. The second-order valence-electron chi connectivity index (χ2n) is 14.1. The van der Waals surface area contributed by atoms with Gasteiger partial charge in [-0.15, -0.1) is 0 Å². The quantitative estimate of drug-likeness (QED) is 0.252. The third-order valence-corrected chi connectivity index (χ3v) is 10.8. The minimum Gasteiger partial charge on any atom is -0.487 e. The minimum atomic E-state index is -4.47. The van der Waals surface area contributed by atoms with Crippen LogP contribution in [0.1, 0.15) is 75.1 Å². The van der Waals surface area contributed by atoms with Crippen LogP contribution in [0.4, 0.5) is 13.2 Å². The van der Waals surface area contributed by atoms with Crippen molar-refractivity contribution in [2.45, 2.75) is 94.7 Å². The molecular weight excluding hydrogens is 581 g/mol. The number of ether oxygens (including phenoxy) is 2. The van der Waals surface area contributed by atoms with Gasteiger partial charge in [0.25, 0.3) is 0 Å². The molecule has 2 bridgehead atoms. The zero-order valence-corrected chi connectivity index (χ0v) is 26.1. The molecular formula is C36H41F3N2O4. The maximum Gasteiger partial charge on any atom is 0.416 e. The first kappa shape index (κ1) is 30.3. The van der Waals surface area contributed by atoms with Crippen molar-refractivity contribution in [3.63, 3.8) is 0 Å². The molecule has 0 N–H and O–H groups in total. The number of hydrogen-bond acceptors (Lipinski definition) is 5. The molecule has 1 saturated heterocycles. The number of benzene rings is 2. The van der Waals surface area contributed by atoms with E-state index in [1.54, 1.807) is 6.07 Å². The fraction of sp³-hybridized carbons (Fsp3) is 0.556. The number of alkyl halides is 3. The average molecular weight is 623 g/mol. The van der Waals surface area contributed by atoms with E-state index in [0.29, 0.717) is 30.9 Å². The van der Waals surface area contributed by atoms with Crippen molar-refractivity contribution in [2.75, 3.05) is 19.6 Å². The van der Waals surface area contributed by atoms with Gasteiger partial charge < -0.3 is 14.4 Å². The van der Waals surface area contributed by atoms with Crippen molar-refractivity contribution in [2.24, 2.45) is 11.8 Å². The molecule has 2 aromatic carbocycles. The lowest BCUT2D eigenvalue weighted by Gasteiger charge is -2.65. The first-order valence-electron chi connectivity index (χ1n) is 16.3. The van der Waals surface area contributed by atoms with Crippen LogP contribution in [0.2, 0.25) is 0 Å². The topological polar surface area (TPSA) is 59.1 Å². The summed E-state index contributed by atoms with van der Waals surface area (Å²) < 4.78 is 53.5. The molecule has 3 aliphatic carbocycles. The number of piperidine rings is 1. The molecule has 3 fully saturated rings. The summed E-state index contributed by atoms with van der Waals surface area (Å²) >= 11 is 0. The predicted octanol–water partition coefficient (Wildman–Crippen LogP) is 6.41. The summed E-state index contributed by atoms with van der Waals surface area (Å²) in [6, 6.07) is 10.9.